The number of benzene rings is 2. The van der Waals surface area contributed by atoms with Gasteiger partial charge in [-0.15, -0.1) is 0 Å². The van der Waals surface area contributed by atoms with E-state index in [0.29, 0.717) is 22.6 Å². The predicted octanol–water partition coefficient (Wildman–Crippen LogP) is 2.40. The summed E-state index contributed by atoms with van der Waals surface area (Å²) in [6.45, 7) is 1.58. The fourth-order valence-electron chi connectivity index (χ4n) is 1.98. The molecule has 0 radical (unpaired) electrons. The molecule has 0 bridgehead atoms. The number of rotatable bonds is 5. The number of ether oxygens (including phenoxy) is 1. The Bertz CT molecular complexity index is 754. The van der Waals surface area contributed by atoms with E-state index in [2.05, 4.69) is 5.32 Å². The highest BCUT2D eigenvalue weighted by atomic mass is 16.5. The normalized spacial score (nSPS) is 11.4. The number of guanidine groups is 1. The minimum Gasteiger partial charge on any atom is -0.481 e. The summed E-state index contributed by atoms with van der Waals surface area (Å²) in [7, 11) is 0. The second-order valence-electron chi connectivity index (χ2n) is 5.13. The number of carbonyl (C=O) groups excluding carboxylic acids is 1. The Morgan fingerprint density at radius 2 is 1.71 bits per heavy atom. The standard InChI is InChI=1S/C17H17N3O4/c1-10(15(21)22)11-4-8-14(9-5-11)24-16(23)12-2-6-13(7-3-12)20-17(18)19/h2-10H,1H3,(H,21,22)(H4,18,19,20). The zero-order valence-electron chi connectivity index (χ0n) is 12.9. The second kappa shape index (κ2) is 7.28. The van der Waals surface area contributed by atoms with Crippen LogP contribution >= 0.6 is 0 Å². The second-order valence-corrected chi connectivity index (χ2v) is 5.13. The molecule has 24 heavy (non-hydrogen) atoms. The molecule has 0 fully saturated rings. The Kier molecular flexibility index (Phi) is 5.16. The fourth-order valence-corrected chi connectivity index (χ4v) is 1.98. The van der Waals surface area contributed by atoms with Crippen LogP contribution in [0.5, 0.6) is 5.75 Å². The van der Waals surface area contributed by atoms with E-state index >= 15 is 0 Å². The Morgan fingerprint density at radius 1 is 1.12 bits per heavy atom. The van der Waals surface area contributed by atoms with Gasteiger partial charge in [-0.2, -0.15) is 0 Å². The molecule has 0 saturated heterocycles. The first kappa shape index (κ1) is 17.0. The van der Waals surface area contributed by atoms with Gasteiger partial charge in [0.05, 0.1) is 11.5 Å². The van der Waals surface area contributed by atoms with Crippen molar-refractivity contribution < 1.29 is 19.4 Å². The molecule has 0 heterocycles. The first-order chi connectivity index (χ1) is 11.4. The molecule has 0 amide bonds. The molecule has 2 rings (SSSR count). The van der Waals surface area contributed by atoms with Crippen molar-refractivity contribution in [1.29, 1.82) is 5.41 Å². The number of esters is 1. The molecule has 124 valence electrons. The minimum absolute atomic E-state index is 0.194. The number of hydrogen-bond acceptors (Lipinski definition) is 4. The molecule has 0 aromatic heterocycles. The summed E-state index contributed by atoms with van der Waals surface area (Å²) in [5.74, 6) is -1.95. The van der Waals surface area contributed by atoms with E-state index in [1.165, 1.54) is 0 Å². The molecule has 0 aliphatic heterocycles. The quantitative estimate of drug-likeness (QED) is 0.289. The Hall–Kier alpha value is -3.35. The first-order valence-corrected chi connectivity index (χ1v) is 7.13. The average Bonchev–Trinajstić information content (AvgIpc) is 2.55. The third-order valence-electron chi connectivity index (χ3n) is 3.36. The van der Waals surface area contributed by atoms with E-state index in [1.807, 2.05) is 0 Å². The van der Waals surface area contributed by atoms with Gasteiger partial charge in [-0.1, -0.05) is 12.1 Å². The highest BCUT2D eigenvalue weighted by Gasteiger charge is 2.14. The van der Waals surface area contributed by atoms with Gasteiger partial charge in [0.15, 0.2) is 5.96 Å². The van der Waals surface area contributed by atoms with Gasteiger partial charge in [0.25, 0.3) is 0 Å². The highest BCUT2D eigenvalue weighted by Crippen LogP contribution is 2.20. The number of anilines is 1. The van der Waals surface area contributed by atoms with Crippen molar-refractivity contribution in [3.8, 4) is 5.75 Å². The first-order valence-electron chi connectivity index (χ1n) is 7.13. The number of carbonyl (C=O) groups is 2. The number of nitrogens with one attached hydrogen (secondary N) is 2. The Labute approximate surface area is 138 Å². The molecule has 2 aromatic carbocycles. The average molecular weight is 327 g/mol. The van der Waals surface area contributed by atoms with Crippen LogP contribution in [0.15, 0.2) is 48.5 Å². The number of hydrogen-bond donors (Lipinski definition) is 4. The summed E-state index contributed by atoms with van der Waals surface area (Å²) in [6, 6.07) is 12.6. The maximum atomic E-state index is 12.1. The lowest BCUT2D eigenvalue weighted by Gasteiger charge is -2.09. The summed E-state index contributed by atoms with van der Waals surface area (Å²) >= 11 is 0. The van der Waals surface area contributed by atoms with Gasteiger partial charge in [-0.25, -0.2) is 4.79 Å². The SMILES string of the molecule is CC(C(=O)O)c1ccc(OC(=O)c2ccc(NC(=N)N)cc2)cc1. The number of aliphatic carboxylic acids is 1. The number of carboxylic acid groups (broad SMARTS) is 1. The van der Waals surface area contributed by atoms with E-state index in [-0.39, 0.29) is 5.96 Å². The van der Waals surface area contributed by atoms with Crippen molar-refractivity contribution in [3.05, 3.63) is 59.7 Å². The summed E-state index contributed by atoms with van der Waals surface area (Å²) in [6.07, 6.45) is 0. The van der Waals surface area contributed by atoms with Crippen LogP contribution in [0.25, 0.3) is 0 Å². The molecule has 0 saturated carbocycles. The number of nitrogens with two attached hydrogens (primary N) is 1. The van der Waals surface area contributed by atoms with E-state index in [0.717, 1.165) is 0 Å². The van der Waals surface area contributed by atoms with Crippen LogP contribution in [0, 0.1) is 5.41 Å². The highest BCUT2D eigenvalue weighted by molar-refractivity contribution is 5.93. The molecule has 0 spiro atoms. The minimum atomic E-state index is -0.918. The molecule has 5 N–H and O–H groups in total. The van der Waals surface area contributed by atoms with E-state index in [9.17, 15) is 9.59 Å². The molecule has 0 aliphatic rings. The monoisotopic (exact) mass is 327 g/mol. The predicted molar refractivity (Wildman–Crippen MR) is 89.4 cm³/mol. The summed E-state index contributed by atoms with van der Waals surface area (Å²) in [5, 5.41) is 18.7. The van der Waals surface area contributed by atoms with Crippen molar-refractivity contribution >= 4 is 23.6 Å². The lowest BCUT2D eigenvalue weighted by molar-refractivity contribution is -0.138. The molecule has 2 aromatic rings. The smallest absolute Gasteiger partial charge is 0.343 e. The molecular weight excluding hydrogens is 310 g/mol. The van der Waals surface area contributed by atoms with Gasteiger partial charge in [-0.05, 0) is 48.9 Å². The fraction of sp³-hybridized carbons (Fsp3) is 0.118. The van der Waals surface area contributed by atoms with E-state index in [4.69, 9.17) is 21.0 Å². The Balaban J connectivity index is 2.04. The van der Waals surface area contributed by atoms with Crippen LogP contribution in [-0.4, -0.2) is 23.0 Å². The van der Waals surface area contributed by atoms with Gasteiger partial charge in [0.2, 0.25) is 0 Å². The third kappa shape index (κ3) is 4.33. The maximum Gasteiger partial charge on any atom is 0.343 e. The topological polar surface area (TPSA) is 125 Å². The van der Waals surface area contributed by atoms with Crippen molar-refractivity contribution in [2.24, 2.45) is 5.73 Å². The van der Waals surface area contributed by atoms with Crippen LogP contribution < -0.4 is 15.8 Å². The van der Waals surface area contributed by atoms with Crippen molar-refractivity contribution in [2.45, 2.75) is 12.8 Å². The molecule has 1 atom stereocenters. The lowest BCUT2D eigenvalue weighted by atomic mass is 10.0. The molecular formula is C17H17N3O4. The maximum absolute atomic E-state index is 12.1. The van der Waals surface area contributed by atoms with E-state index < -0.39 is 17.9 Å². The van der Waals surface area contributed by atoms with Crippen LogP contribution in [0.1, 0.15) is 28.8 Å². The summed E-state index contributed by atoms with van der Waals surface area (Å²) in [5.41, 5.74) is 6.78. The molecule has 0 aliphatic carbocycles. The molecule has 1 unspecified atom stereocenters. The number of carboxylic acids is 1. The van der Waals surface area contributed by atoms with Crippen LogP contribution in [-0.2, 0) is 4.79 Å². The van der Waals surface area contributed by atoms with Crippen molar-refractivity contribution in [1.82, 2.24) is 0 Å². The zero-order chi connectivity index (χ0) is 17.7. The van der Waals surface area contributed by atoms with E-state index in [1.54, 1.807) is 55.5 Å². The third-order valence-corrected chi connectivity index (χ3v) is 3.36. The van der Waals surface area contributed by atoms with Crippen LogP contribution in [0.3, 0.4) is 0 Å². The van der Waals surface area contributed by atoms with Crippen LogP contribution in [0.2, 0.25) is 0 Å². The molecule has 7 nitrogen and oxygen atoms in total. The van der Waals surface area contributed by atoms with Gasteiger partial charge in [0.1, 0.15) is 5.75 Å². The summed E-state index contributed by atoms with van der Waals surface area (Å²) in [4.78, 5) is 23.0. The Morgan fingerprint density at radius 3 is 2.21 bits per heavy atom. The van der Waals surface area contributed by atoms with Gasteiger partial charge >= 0.3 is 11.9 Å². The lowest BCUT2D eigenvalue weighted by Crippen LogP contribution is -2.20. The zero-order valence-corrected chi connectivity index (χ0v) is 12.9. The van der Waals surface area contributed by atoms with Crippen molar-refractivity contribution in [3.63, 3.8) is 0 Å². The van der Waals surface area contributed by atoms with Gasteiger partial charge in [-0.3, -0.25) is 10.2 Å². The van der Waals surface area contributed by atoms with Crippen LogP contribution in [0.4, 0.5) is 5.69 Å². The van der Waals surface area contributed by atoms with Crippen molar-refractivity contribution in [2.75, 3.05) is 5.32 Å². The van der Waals surface area contributed by atoms with Gasteiger partial charge in [0, 0.05) is 5.69 Å². The van der Waals surface area contributed by atoms with Gasteiger partial charge < -0.3 is 20.9 Å². The molecule has 7 heteroatoms. The largest absolute Gasteiger partial charge is 0.481 e. The summed E-state index contributed by atoms with van der Waals surface area (Å²) < 4.78 is 5.24.